The monoisotopic (exact) mass is 301 g/mol. The molecule has 0 atom stereocenters. The van der Waals surface area contributed by atoms with Crippen molar-refractivity contribution in [2.75, 3.05) is 5.73 Å². The Kier molecular flexibility index (Phi) is 3.83. The summed E-state index contributed by atoms with van der Waals surface area (Å²) in [5, 5.41) is 11.7. The standard InChI is InChI=1S/C14H12FN5S/c15-12-8-11(6-7-13(12)16)21-9-14-17-18-19-20(14)10-4-2-1-3-5-10/h1-8H,9,16H2. The molecule has 0 fully saturated rings. The van der Waals surface area contributed by atoms with E-state index < -0.39 is 5.82 Å². The van der Waals surface area contributed by atoms with Crippen molar-refractivity contribution in [1.29, 1.82) is 0 Å². The van der Waals surface area contributed by atoms with Gasteiger partial charge in [0.1, 0.15) is 5.82 Å². The molecule has 5 nitrogen and oxygen atoms in total. The van der Waals surface area contributed by atoms with Gasteiger partial charge >= 0.3 is 0 Å². The molecule has 0 saturated carbocycles. The minimum Gasteiger partial charge on any atom is -0.396 e. The van der Waals surface area contributed by atoms with Crippen molar-refractivity contribution in [2.24, 2.45) is 0 Å². The van der Waals surface area contributed by atoms with Crippen molar-refractivity contribution in [3.05, 3.63) is 60.2 Å². The normalized spacial score (nSPS) is 10.7. The van der Waals surface area contributed by atoms with E-state index in [2.05, 4.69) is 15.5 Å². The van der Waals surface area contributed by atoms with Crippen LogP contribution in [0.4, 0.5) is 10.1 Å². The highest BCUT2D eigenvalue weighted by Crippen LogP contribution is 2.25. The smallest absolute Gasteiger partial charge is 0.166 e. The lowest BCUT2D eigenvalue weighted by atomic mass is 10.3. The van der Waals surface area contributed by atoms with E-state index in [1.54, 1.807) is 16.8 Å². The van der Waals surface area contributed by atoms with E-state index in [-0.39, 0.29) is 5.69 Å². The van der Waals surface area contributed by atoms with Gasteiger partial charge in [-0.25, -0.2) is 4.39 Å². The first-order chi connectivity index (χ1) is 10.2. The van der Waals surface area contributed by atoms with Crippen LogP contribution in [0.15, 0.2) is 53.4 Å². The molecule has 2 N–H and O–H groups in total. The summed E-state index contributed by atoms with van der Waals surface area (Å²) in [5.74, 6) is 0.816. The summed E-state index contributed by atoms with van der Waals surface area (Å²) in [7, 11) is 0. The average molecular weight is 301 g/mol. The summed E-state index contributed by atoms with van der Waals surface area (Å²) in [6, 6.07) is 14.4. The first-order valence-electron chi connectivity index (χ1n) is 6.24. The van der Waals surface area contributed by atoms with Crippen LogP contribution in [0.5, 0.6) is 0 Å². The molecule has 21 heavy (non-hydrogen) atoms. The van der Waals surface area contributed by atoms with Gasteiger partial charge in [-0.1, -0.05) is 18.2 Å². The van der Waals surface area contributed by atoms with Gasteiger partial charge in [0.2, 0.25) is 0 Å². The van der Waals surface area contributed by atoms with Gasteiger partial charge in [0.25, 0.3) is 0 Å². The first kappa shape index (κ1) is 13.6. The minimum absolute atomic E-state index is 0.147. The third kappa shape index (κ3) is 3.03. The molecule has 1 heterocycles. The van der Waals surface area contributed by atoms with Crippen molar-refractivity contribution in [3.63, 3.8) is 0 Å². The molecule has 0 aliphatic carbocycles. The summed E-state index contributed by atoms with van der Waals surface area (Å²) in [5.41, 5.74) is 6.50. The Morgan fingerprint density at radius 1 is 1.14 bits per heavy atom. The topological polar surface area (TPSA) is 69.6 Å². The molecule has 2 aromatic carbocycles. The predicted octanol–water partition coefficient (Wildman–Crippen LogP) is 2.68. The van der Waals surface area contributed by atoms with E-state index >= 15 is 0 Å². The molecule has 0 saturated heterocycles. The van der Waals surface area contributed by atoms with E-state index in [1.807, 2.05) is 30.3 Å². The molecule has 0 spiro atoms. The summed E-state index contributed by atoms with van der Waals surface area (Å²) < 4.78 is 15.1. The Balaban J connectivity index is 1.77. The second-order valence-electron chi connectivity index (χ2n) is 4.31. The Morgan fingerprint density at radius 2 is 1.95 bits per heavy atom. The van der Waals surface area contributed by atoms with E-state index in [9.17, 15) is 4.39 Å². The first-order valence-corrected chi connectivity index (χ1v) is 7.23. The number of hydrogen-bond acceptors (Lipinski definition) is 5. The van der Waals surface area contributed by atoms with Crippen molar-refractivity contribution in [2.45, 2.75) is 10.6 Å². The SMILES string of the molecule is Nc1ccc(SCc2nnnn2-c2ccccc2)cc1F. The average Bonchev–Trinajstić information content (AvgIpc) is 2.98. The molecule has 0 aliphatic rings. The highest BCUT2D eigenvalue weighted by Gasteiger charge is 2.09. The summed E-state index contributed by atoms with van der Waals surface area (Å²) >= 11 is 1.45. The van der Waals surface area contributed by atoms with Crippen LogP contribution in [-0.2, 0) is 5.75 Å². The predicted molar refractivity (Wildman–Crippen MR) is 79.5 cm³/mol. The third-order valence-corrected chi connectivity index (χ3v) is 3.86. The fraction of sp³-hybridized carbons (Fsp3) is 0.0714. The zero-order chi connectivity index (χ0) is 14.7. The van der Waals surface area contributed by atoms with Gasteiger partial charge in [0.15, 0.2) is 5.82 Å². The quantitative estimate of drug-likeness (QED) is 0.592. The number of anilines is 1. The number of nitrogens with zero attached hydrogens (tertiary/aromatic N) is 4. The lowest BCUT2D eigenvalue weighted by Gasteiger charge is -2.05. The Hall–Kier alpha value is -2.41. The van der Waals surface area contributed by atoms with Crippen LogP contribution in [0.25, 0.3) is 5.69 Å². The Morgan fingerprint density at radius 3 is 2.71 bits per heavy atom. The molecule has 3 aromatic rings. The number of aromatic nitrogens is 4. The second kappa shape index (κ2) is 5.92. The number of halogens is 1. The Labute approximate surface area is 125 Å². The maximum atomic E-state index is 13.4. The van der Waals surface area contributed by atoms with Crippen LogP contribution in [-0.4, -0.2) is 20.2 Å². The second-order valence-corrected chi connectivity index (χ2v) is 5.36. The number of nitrogens with two attached hydrogens (primary N) is 1. The fourth-order valence-corrected chi connectivity index (χ4v) is 2.64. The molecule has 3 rings (SSSR count). The van der Waals surface area contributed by atoms with Gasteiger partial charge in [-0.15, -0.1) is 16.9 Å². The summed E-state index contributed by atoms with van der Waals surface area (Å²) in [6.45, 7) is 0. The molecule has 0 radical (unpaired) electrons. The largest absolute Gasteiger partial charge is 0.396 e. The molecule has 0 aliphatic heterocycles. The van der Waals surface area contributed by atoms with Gasteiger partial charge < -0.3 is 5.73 Å². The van der Waals surface area contributed by atoms with Gasteiger partial charge in [0.05, 0.1) is 17.1 Å². The van der Waals surface area contributed by atoms with Gasteiger partial charge in [-0.2, -0.15) is 4.68 Å². The van der Waals surface area contributed by atoms with Crippen molar-refractivity contribution < 1.29 is 4.39 Å². The molecular formula is C14H12FN5S. The molecule has 1 aromatic heterocycles. The molecule has 0 bridgehead atoms. The maximum absolute atomic E-state index is 13.4. The molecule has 0 amide bonds. The minimum atomic E-state index is -0.414. The maximum Gasteiger partial charge on any atom is 0.166 e. The molecule has 0 unspecified atom stereocenters. The van der Waals surface area contributed by atoms with Crippen molar-refractivity contribution >= 4 is 17.4 Å². The van der Waals surface area contributed by atoms with Crippen LogP contribution in [0.2, 0.25) is 0 Å². The number of hydrogen-bond donors (Lipinski definition) is 1. The third-order valence-electron chi connectivity index (χ3n) is 2.87. The van der Waals surface area contributed by atoms with Crippen LogP contribution in [0, 0.1) is 5.82 Å². The number of benzene rings is 2. The Bertz CT molecular complexity index is 744. The van der Waals surface area contributed by atoms with E-state index in [0.717, 1.165) is 10.6 Å². The van der Waals surface area contributed by atoms with E-state index in [1.165, 1.54) is 17.8 Å². The number of nitrogen functional groups attached to an aromatic ring is 1. The van der Waals surface area contributed by atoms with Gasteiger partial charge in [-0.3, -0.25) is 0 Å². The van der Waals surface area contributed by atoms with E-state index in [4.69, 9.17) is 5.73 Å². The summed E-state index contributed by atoms with van der Waals surface area (Å²) in [6.07, 6.45) is 0. The zero-order valence-electron chi connectivity index (χ0n) is 11.0. The van der Waals surface area contributed by atoms with Gasteiger partial charge in [0, 0.05) is 4.90 Å². The lowest BCUT2D eigenvalue weighted by Crippen LogP contribution is -2.01. The van der Waals surface area contributed by atoms with Crippen LogP contribution >= 0.6 is 11.8 Å². The lowest BCUT2D eigenvalue weighted by molar-refractivity contribution is 0.629. The number of tetrazole rings is 1. The zero-order valence-corrected chi connectivity index (χ0v) is 11.8. The van der Waals surface area contributed by atoms with Crippen molar-refractivity contribution in [1.82, 2.24) is 20.2 Å². The van der Waals surface area contributed by atoms with E-state index in [0.29, 0.717) is 11.6 Å². The van der Waals surface area contributed by atoms with Crippen LogP contribution < -0.4 is 5.73 Å². The highest BCUT2D eigenvalue weighted by molar-refractivity contribution is 7.98. The highest BCUT2D eigenvalue weighted by atomic mass is 32.2. The van der Waals surface area contributed by atoms with Crippen LogP contribution in [0.1, 0.15) is 5.82 Å². The van der Waals surface area contributed by atoms with Gasteiger partial charge in [-0.05, 0) is 40.8 Å². The number of rotatable bonds is 4. The fourth-order valence-electron chi connectivity index (χ4n) is 1.81. The molecule has 106 valence electrons. The number of thioether (sulfide) groups is 1. The van der Waals surface area contributed by atoms with Crippen LogP contribution in [0.3, 0.4) is 0 Å². The van der Waals surface area contributed by atoms with Crippen molar-refractivity contribution in [3.8, 4) is 5.69 Å². The number of para-hydroxylation sites is 1. The molecule has 7 heteroatoms. The summed E-state index contributed by atoms with van der Waals surface area (Å²) in [4.78, 5) is 0.782. The molecular weight excluding hydrogens is 289 g/mol.